The zero-order valence-electron chi connectivity index (χ0n) is 8.39. The van der Waals surface area contributed by atoms with Gasteiger partial charge < -0.3 is 8.85 Å². The predicted molar refractivity (Wildman–Crippen MR) is 57.8 cm³/mol. The number of hydrogen-bond acceptors (Lipinski definition) is 2. The Morgan fingerprint density at radius 1 is 1.25 bits per heavy atom. The van der Waals surface area contributed by atoms with Gasteiger partial charge in [-0.1, -0.05) is 29.8 Å². The Balaban J connectivity index is 4.13. The van der Waals surface area contributed by atoms with E-state index < -0.39 is 8.56 Å². The van der Waals surface area contributed by atoms with Gasteiger partial charge in [-0.3, -0.25) is 0 Å². The minimum absolute atomic E-state index is 0.107. The van der Waals surface area contributed by atoms with Crippen LogP contribution in [0.3, 0.4) is 0 Å². The summed E-state index contributed by atoms with van der Waals surface area (Å²) in [4.78, 5) is 0. The van der Waals surface area contributed by atoms with Crippen molar-refractivity contribution in [2.75, 3.05) is 6.61 Å². The van der Waals surface area contributed by atoms with Crippen LogP contribution in [0, 0.1) is 0 Å². The lowest BCUT2D eigenvalue weighted by molar-refractivity contribution is 0.173. The summed E-state index contributed by atoms with van der Waals surface area (Å²) in [6.07, 6.45) is 0. The van der Waals surface area contributed by atoms with Crippen molar-refractivity contribution in [2.24, 2.45) is 0 Å². The molecule has 0 fully saturated rings. The van der Waals surface area contributed by atoms with Crippen LogP contribution in [-0.4, -0.2) is 20.2 Å². The topological polar surface area (TPSA) is 18.5 Å². The second-order valence-corrected chi connectivity index (χ2v) is 7.76. The number of rotatable bonds is 6. The molecule has 0 aromatic carbocycles. The molecule has 0 aromatic heterocycles. The van der Waals surface area contributed by atoms with Crippen LogP contribution in [0.25, 0.3) is 0 Å². The molecule has 0 N–H and O–H groups in total. The molecule has 0 spiro atoms. The third kappa shape index (κ3) is 4.03. The molecule has 0 aliphatic rings. The van der Waals surface area contributed by atoms with Crippen molar-refractivity contribution in [2.45, 2.75) is 44.8 Å². The van der Waals surface area contributed by atoms with Gasteiger partial charge in [-0.05, 0) is 25.9 Å². The van der Waals surface area contributed by atoms with Crippen LogP contribution >= 0.6 is 15.9 Å². The SMILES string of the molecule is CCO[Si](CC)(CC)OC(C)Br. The summed E-state index contributed by atoms with van der Waals surface area (Å²) in [7, 11) is -1.85. The van der Waals surface area contributed by atoms with Gasteiger partial charge in [-0.2, -0.15) is 0 Å². The van der Waals surface area contributed by atoms with Crippen LogP contribution in [-0.2, 0) is 8.85 Å². The third-order valence-corrected chi connectivity index (χ3v) is 6.15. The summed E-state index contributed by atoms with van der Waals surface area (Å²) in [5, 5.41) is 0.107. The first-order valence-electron chi connectivity index (χ1n) is 4.56. The number of alkyl halides is 1. The van der Waals surface area contributed by atoms with Gasteiger partial charge in [-0.25, -0.2) is 0 Å². The molecule has 0 saturated heterocycles. The molecule has 2 nitrogen and oxygen atoms in total. The number of halogens is 1. The first-order valence-corrected chi connectivity index (χ1v) is 7.70. The molecule has 4 heteroatoms. The summed E-state index contributed by atoms with van der Waals surface area (Å²) < 4.78 is 11.5. The standard InChI is InChI=1S/C8H19BrO2Si/c1-5-10-12(6-2,7-3)11-8(4)9/h8H,5-7H2,1-4H3. The van der Waals surface area contributed by atoms with E-state index in [1.165, 1.54) is 0 Å². The molecule has 1 atom stereocenters. The molecule has 0 aromatic rings. The zero-order chi connectivity index (χ0) is 9.61. The Morgan fingerprint density at radius 3 is 2.00 bits per heavy atom. The first-order chi connectivity index (χ1) is 5.60. The van der Waals surface area contributed by atoms with E-state index in [2.05, 4.69) is 29.8 Å². The fourth-order valence-electron chi connectivity index (χ4n) is 1.21. The molecular weight excluding hydrogens is 236 g/mol. The van der Waals surface area contributed by atoms with E-state index in [0.717, 1.165) is 18.7 Å². The molecular formula is C8H19BrO2Si. The van der Waals surface area contributed by atoms with Crippen LogP contribution in [0.1, 0.15) is 27.7 Å². The highest BCUT2D eigenvalue weighted by molar-refractivity contribution is 9.09. The van der Waals surface area contributed by atoms with Gasteiger partial charge in [0.15, 0.2) is 0 Å². The van der Waals surface area contributed by atoms with Crippen LogP contribution in [0.2, 0.25) is 12.1 Å². The monoisotopic (exact) mass is 254 g/mol. The zero-order valence-corrected chi connectivity index (χ0v) is 11.0. The van der Waals surface area contributed by atoms with E-state index in [1.54, 1.807) is 0 Å². The molecule has 0 aliphatic heterocycles. The Labute approximate surface area is 85.0 Å². The van der Waals surface area contributed by atoms with Gasteiger partial charge in [0.1, 0.15) is 5.01 Å². The lowest BCUT2D eigenvalue weighted by atomic mass is 10.9. The highest BCUT2D eigenvalue weighted by Gasteiger charge is 2.34. The van der Waals surface area contributed by atoms with Gasteiger partial charge in [0.25, 0.3) is 0 Å². The third-order valence-electron chi connectivity index (χ3n) is 1.86. The predicted octanol–water partition coefficient (Wildman–Crippen LogP) is 3.26. The molecule has 12 heavy (non-hydrogen) atoms. The van der Waals surface area contributed by atoms with Crippen LogP contribution < -0.4 is 0 Å². The van der Waals surface area contributed by atoms with E-state index in [9.17, 15) is 0 Å². The summed E-state index contributed by atoms with van der Waals surface area (Å²) in [5.74, 6) is 0. The average Bonchev–Trinajstić information content (AvgIpc) is 2.03. The normalized spacial score (nSPS) is 14.8. The maximum Gasteiger partial charge on any atom is 0.338 e. The molecule has 0 radical (unpaired) electrons. The van der Waals surface area contributed by atoms with Crippen molar-refractivity contribution in [3.8, 4) is 0 Å². The first kappa shape index (κ1) is 12.6. The van der Waals surface area contributed by atoms with Crippen LogP contribution in [0.4, 0.5) is 0 Å². The van der Waals surface area contributed by atoms with Gasteiger partial charge in [-0.15, -0.1) is 0 Å². The Kier molecular flexibility index (Phi) is 6.44. The number of hydrogen-bond donors (Lipinski definition) is 0. The minimum atomic E-state index is -1.85. The second-order valence-electron chi connectivity index (χ2n) is 2.71. The molecule has 1 unspecified atom stereocenters. The molecule has 0 rings (SSSR count). The molecule has 0 saturated carbocycles. The quantitative estimate of drug-likeness (QED) is 0.535. The second kappa shape index (κ2) is 6.13. The average molecular weight is 255 g/mol. The Hall–Kier alpha value is 0.617. The highest BCUT2D eigenvalue weighted by atomic mass is 79.9. The van der Waals surface area contributed by atoms with E-state index in [1.807, 2.05) is 13.8 Å². The molecule has 0 heterocycles. The van der Waals surface area contributed by atoms with Crippen molar-refractivity contribution in [3.05, 3.63) is 0 Å². The summed E-state index contributed by atoms with van der Waals surface area (Å²) in [6.45, 7) is 9.05. The van der Waals surface area contributed by atoms with Gasteiger partial charge in [0.05, 0.1) is 0 Å². The summed E-state index contributed by atoms with van der Waals surface area (Å²) >= 11 is 3.39. The lowest BCUT2D eigenvalue weighted by Gasteiger charge is -2.29. The van der Waals surface area contributed by atoms with Crippen molar-refractivity contribution in [1.29, 1.82) is 0 Å². The Morgan fingerprint density at radius 2 is 1.75 bits per heavy atom. The highest BCUT2D eigenvalue weighted by Crippen LogP contribution is 2.21. The van der Waals surface area contributed by atoms with Crippen molar-refractivity contribution < 1.29 is 8.85 Å². The molecule has 0 amide bonds. The van der Waals surface area contributed by atoms with Crippen LogP contribution in [0.15, 0.2) is 0 Å². The van der Waals surface area contributed by atoms with Gasteiger partial charge in [0, 0.05) is 6.61 Å². The van der Waals surface area contributed by atoms with Gasteiger partial charge in [0.2, 0.25) is 0 Å². The fourth-order valence-corrected chi connectivity index (χ4v) is 4.66. The maximum absolute atomic E-state index is 5.81. The molecule has 74 valence electrons. The largest absolute Gasteiger partial charge is 0.394 e. The van der Waals surface area contributed by atoms with Gasteiger partial charge >= 0.3 is 8.56 Å². The van der Waals surface area contributed by atoms with E-state index in [0.29, 0.717) is 0 Å². The Bertz CT molecular complexity index is 116. The van der Waals surface area contributed by atoms with Crippen molar-refractivity contribution >= 4 is 24.5 Å². The van der Waals surface area contributed by atoms with E-state index in [-0.39, 0.29) is 5.01 Å². The summed E-state index contributed by atoms with van der Waals surface area (Å²) in [6, 6.07) is 2.04. The van der Waals surface area contributed by atoms with Crippen LogP contribution in [0.5, 0.6) is 0 Å². The molecule has 0 aliphatic carbocycles. The van der Waals surface area contributed by atoms with E-state index in [4.69, 9.17) is 8.85 Å². The lowest BCUT2D eigenvalue weighted by Crippen LogP contribution is -2.42. The fraction of sp³-hybridized carbons (Fsp3) is 1.00. The smallest absolute Gasteiger partial charge is 0.338 e. The van der Waals surface area contributed by atoms with Crippen molar-refractivity contribution in [1.82, 2.24) is 0 Å². The minimum Gasteiger partial charge on any atom is -0.394 e. The maximum atomic E-state index is 5.81. The van der Waals surface area contributed by atoms with E-state index >= 15 is 0 Å². The molecule has 0 bridgehead atoms. The van der Waals surface area contributed by atoms with Crippen molar-refractivity contribution in [3.63, 3.8) is 0 Å². The summed E-state index contributed by atoms with van der Waals surface area (Å²) in [5.41, 5.74) is 0.